The molecule has 372 valence electrons. The van der Waals surface area contributed by atoms with Crippen LogP contribution in [0.4, 0.5) is 0 Å². The predicted octanol–water partition coefficient (Wildman–Crippen LogP) is 8.36. The van der Waals surface area contributed by atoms with Crippen molar-refractivity contribution in [3.63, 3.8) is 0 Å². The van der Waals surface area contributed by atoms with E-state index in [-0.39, 0.29) is 18.9 Å². The zero-order valence-electron chi connectivity index (χ0n) is 39.0. The lowest BCUT2D eigenvalue weighted by Gasteiger charge is -2.41. The van der Waals surface area contributed by atoms with Gasteiger partial charge in [-0.3, -0.25) is 18.6 Å². The van der Waals surface area contributed by atoms with Crippen LogP contribution in [0.2, 0.25) is 0 Å². The van der Waals surface area contributed by atoms with E-state index in [1.165, 1.54) is 0 Å². The van der Waals surface area contributed by atoms with E-state index >= 15 is 0 Å². The third-order valence-electron chi connectivity index (χ3n) is 9.87. The molecule has 9 atom stereocenters. The molecule has 0 radical (unpaired) electrons. The van der Waals surface area contributed by atoms with Crippen LogP contribution < -0.4 is 0 Å². The molecule has 0 aliphatic heterocycles. The Hall–Kier alpha value is -3.79. The third kappa shape index (κ3) is 31.2. The molecule has 1 aliphatic rings. The highest BCUT2D eigenvalue weighted by atomic mass is 31.2. The van der Waals surface area contributed by atoms with Gasteiger partial charge < -0.3 is 45.0 Å². The minimum atomic E-state index is -5.17. The van der Waals surface area contributed by atoms with E-state index < -0.39 is 75.7 Å². The zero-order chi connectivity index (χ0) is 48.7. The van der Waals surface area contributed by atoms with E-state index in [2.05, 4.69) is 74.6 Å². The van der Waals surface area contributed by atoms with Gasteiger partial charge in [-0.2, -0.15) is 0 Å². The van der Waals surface area contributed by atoms with E-state index in [0.717, 1.165) is 64.2 Å². The molecule has 1 saturated carbocycles. The molecule has 7 N–H and O–H groups in total. The van der Waals surface area contributed by atoms with Crippen LogP contribution in [-0.4, -0.2) is 110 Å². The molecule has 1 fully saturated rings. The lowest BCUT2D eigenvalue weighted by Crippen LogP contribution is -2.64. The molecule has 1 aliphatic carbocycles. The molecule has 0 aromatic carbocycles. The number of ether oxygens (including phenoxy) is 2. The average molecular weight is 947 g/mol. The van der Waals surface area contributed by atoms with Gasteiger partial charge in [0, 0.05) is 12.8 Å². The number of aliphatic hydroxyl groups is 6. The number of hydrogen-bond donors (Lipinski definition) is 7. The minimum absolute atomic E-state index is 0.0140. The van der Waals surface area contributed by atoms with E-state index in [1.54, 1.807) is 0 Å². The van der Waals surface area contributed by atoms with Crippen LogP contribution >= 0.6 is 7.82 Å². The summed E-state index contributed by atoms with van der Waals surface area (Å²) in [6.07, 6.45) is 38.8. The van der Waals surface area contributed by atoms with Crippen molar-refractivity contribution in [1.29, 1.82) is 0 Å². The molecule has 0 heterocycles. The zero-order valence-corrected chi connectivity index (χ0v) is 39.9. The maximum Gasteiger partial charge on any atom is 0.472 e. The van der Waals surface area contributed by atoms with Crippen LogP contribution in [0.5, 0.6) is 0 Å². The largest absolute Gasteiger partial charge is 0.472 e. The van der Waals surface area contributed by atoms with E-state index in [9.17, 15) is 49.7 Å². The first-order valence-electron chi connectivity index (χ1n) is 23.4. The lowest BCUT2D eigenvalue weighted by atomic mass is 9.85. The lowest BCUT2D eigenvalue weighted by molar-refractivity contribution is -0.220. The number of allylic oxidation sites excluding steroid dienone is 19. The summed E-state index contributed by atoms with van der Waals surface area (Å²) in [4.78, 5) is 35.7. The number of carbonyl (C=O) groups excluding carboxylic acids is 2. The van der Waals surface area contributed by atoms with Crippen molar-refractivity contribution in [2.24, 2.45) is 0 Å². The molecular formula is C51H79O14P. The monoisotopic (exact) mass is 947 g/mol. The number of phosphoric ester groups is 1. The molecule has 0 amide bonds. The second-order valence-electron chi connectivity index (χ2n) is 15.7. The third-order valence-corrected chi connectivity index (χ3v) is 10.9. The first kappa shape index (κ1) is 60.2. The summed E-state index contributed by atoms with van der Waals surface area (Å²) in [6, 6.07) is 0. The molecule has 14 nitrogen and oxygen atoms in total. The second-order valence-corrected chi connectivity index (χ2v) is 17.1. The summed E-state index contributed by atoms with van der Waals surface area (Å²) in [5.74, 6) is -1.30. The Kier molecular flexibility index (Phi) is 35.8. The number of carbonyl (C=O) groups is 2. The van der Waals surface area contributed by atoms with E-state index in [1.807, 2.05) is 60.8 Å². The number of unbranched alkanes of at least 4 members (excludes halogenated alkanes) is 2. The van der Waals surface area contributed by atoms with Gasteiger partial charge in [-0.25, -0.2) is 4.57 Å². The van der Waals surface area contributed by atoms with Crippen molar-refractivity contribution in [2.45, 2.75) is 172 Å². The van der Waals surface area contributed by atoms with E-state index in [4.69, 9.17) is 18.5 Å². The van der Waals surface area contributed by atoms with Crippen LogP contribution in [0.3, 0.4) is 0 Å². The first-order chi connectivity index (χ1) is 31.8. The smallest absolute Gasteiger partial charge is 0.462 e. The topological polar surface area (TPSA) is 230 Å². The fraction of sp³-hybridized carbons (Fsp3) is 0.569. The average Bonchev–Trinajstić information content (AvgIpc) is 3.30. The Bertz CT molecular complexity index is 1630. The van der Waals surface area contributed by atoms with Gasteiger partial charge in [-0.1, -0.05) is 148 Å². The minimum Gasteiger partial charge on any atom is -0.462 e. The quantitative estimate of drug-likeness (QED) is 0.0136. The molecule has 0 bridgehead atoms. The van der Waals surface area contributed by atoms with Gasteiger partial charge in [0.1, 0.15) is 43.2 Å². The number of aliphatic hydroxyl groups excluding tert-OH is 6. The molecule has 0 spiro atoms. The van der Waals surface area contributed by atoms with Crippen molar-refractivity contribution in [2.75, 3.05) is 13.2 Å². The highest BCUT2D eigenvalue weighted by Gasteiger charge is 2.51. The molecule has 3 unspecified atom stereocenters. The van der Waals surface area contributed by atoms with Gasteiger partial charge >= 0.3 is 19.8 Å². The molecule has 15 heteroatoms. The summed E-state index contributed by atoms with van der Waals surface area (Å²) in [7, 11) is -5.17. The highest BCUT2D eigenvalue weighted by molar-refractivity contribution is 7.47. The number of esters is 2. The van der Waals surface area contributed by atoms with Crippen LogP contribution in [0.25, 0.3) is 0 Å². The Morgan fingerprint density at radius 1 is 0.545 bits per heavy atom. The Balaban J connectivity index is 2.57. The van der Waals surface area contributed by atoms with Crippen molar-refractivity contribution in [1.82, 2.24) is 0 Å². The molecule has 0 aromatic rings. The van der Waals surface area contributed by atoms with Crippen molar-refractivity contribution in [3.05, 3.63) is 122 Å². The van der Waals surface area contributed by atoms with Gasteiger partial charge in [0.25, 0.3) is 0 Å². The van der Waals surface area contributed by atoms with Gasteiger partial charge in [0.15, 0.2) is 6.10 Å². The Morgan fingerprint density at radius 2 is 0.985 bits per heavy atom. The normalized spacial score (nSPS) is 22.9. The maximum absolute atomic E-state index is 12.8. The SMILES string of the molecule is CC/C=C\C/C=C\C/C=C\C/C=C\C/C=C\C/C=C\CCC(=O)OC[C@H](COP(=O)(O)OC1[C@H](O)[C@H](O)C(O)[C@H](O)[C@H]1O)OC(=O)CCC/C=C\C/C=C\C/C=C\C/C=C\[C@H](O)CCCC. The van der Waals surface area contributed by atoms with Crippen LogP contribution in [-0.2, 0) is 32.7 Å². The summed E-state index contributed by atoms with van der Waals surface area (Å²) < 4.78 is 33.4. The van der Waals surface area contributed by atoms with Crippen molar-refractivity contribution < 1.29 is 68.2 Å². The number of rotatable bonds is 36. The van der Waals surface area contributed by atoms with Crippen LogP contribution in [0.1, 0.15) is 123 Å². The summed E-state index contributed by atoms with van der Waals surface area (Å²) in [5.41, 5.74) is 0. The number of phosphoric acid groups is 1. The molecule has 0 aromatic heterocycles. The van der Waals surface area contributed by atoms with Crippen LogP contribution in [0, 0.1) is 0 Å². The van der Waals surface area contributed by atoms with Crippen molar-refractivity contribution >= 4 is 19.8 Å². The Labute approximate surface area is 393 Å². The molecule has 1 rings (SSSR count). The van der Waals surface area contributed by atoms with E-state index in [0.29, 0.717) is 32.1 Å². The van der Waals surface area contributed by atoms with Gasteiger partial charge in [0.05, 0.1) is 12.7 Å². The Morgan fingerprint density at radius 3 is 1.47 bits per heavy atom. The number of hydrogen-bond acceptors (Lipinski definition) is 13. The summed E-state index contributed by atoms with van der Waals surface area (Å²) in [5, 5.41) is 60.0. The standard InChI is InChI=1S/C51H79O14P/c1-3-5-7-8-9-10-11-12-13-14-15-16-17-18-22-25-28-31-34-38-44(53)62-40-43(41-63-66(60,61)65-51-49(58)47(56)46(55)48(57)50(51)59)64-45(54)39-35-32-29-26-23-20-19-21-24-27-30-33-37-42(52)36-6-4-2/h5,7,9-10,12-13,15-16,18-20,22,24,26-29,31,33,37,42-43,46-52,55-59H,3-4,6,8,11,14,17,21,23,25,30,32,34-36,38-41H2,1-2H3,(H,60,61)/b7-5-,10-9-,13-12-,16-15-,20-19-,22-18-,27-24-,29-26-,31-28-,37-33-/t42-,43-,46?,47-,48+,49-,50-,51?/m1/s1. The first-order valence-corrected chi connectivity index (χ1v) is 24.9. The fourth-order valence-electron chi connectivity index (χ4n) is 6.09. The van der Waals surface area contributed by atoms with Gasteiger partial charge in [-0.15, -0.1) is 0 Å². The molecular weight excluding hydrogens is 868 g/mol. The summed E-state index contributed by atoms with van der Waals surface area (Å²) in [6.45, 7) is 2.90. The fourth-order valence-corrected chi connectivity index (χ4v) is 7.06. The van der Waals surface area contributed by atoms with Crippen molar-refractivity contribution in [3.8, 4) is 0 Å². The van der Waals surface area contributed by atoms with Gasteiger partial charge in [0.2, 0.25) is 0 Å². The second kappa shape index (κ2) is 39.2. The molecule has 0 saturated heterocycles. The predicted molar refractivity (Wildman–Crippen MR) is 259 cm³/mol. The summed E-state index contributed by atoms with van der Waals surface area (Å²) >= 11 is 0. The molecule has 66 heavy (non-hydrogen) atoms. The van der Waals surface area contributed by atoms with Gasteiger partial charge in [-0.05, 0) is 83.5 Å². The van der Waals surface area contributed by atoms with Crippen LogP contribution in [0.15, 0.2) is 122 Å². The highest BCUT2D eigenvalue weighted by Crippen LogP contribution is 2.47. The maximum atomic E-state index is 12.8.